The lowest BCUT2D eigenvalue weighted by Gasteiger charge is -2.11. The maximum atomic E-state index is 12.8. The van der Waals surface area contributed by atoms with Crippen molar-refractivity contribution in [2.75, 3.05) is 13.2 Å². The van der Waals surface area contributed by atoms with Gasteiger partial charge in [0.25, 0.3) is 23.6 Å². The van der Waals surface area contributed by atoms with E-state index in [1.807, 2.05) is 55.7 Å². The van der Waals surface area contributed by atoms with Crippen LogP contribution in [-0.4, -0.2) is 57.5 Å². The molecule has 5 N–H and O–H groups in total. The SMILES string of the molecule is CC.CC(=O)O.CCc1c(C(=O)C(N)=O)c2c(OCC(=O)NCC(=O)O)cccc2n1Cc1ccccc1. The van der Waals surface area contributed by atoms with Gasteiger partial charge in [-0.1, -0.05) is 57.2 Å². The normalized spacial score (nSPS) is 9.79. The number of nitrogens with two attached hydrogens (primary N) is 1. The Morgan fingerprint density at radius 3 is 2.11 bits per heavy atom. The molecular weight excluding hydrogens is 494 g/mol. The summed E-state index contributed by atoms with van der Waals surface area (Å²) in [5, 5.41) is 18.7. The van der Waals surface area contributed by atoms with Crippen molar-refractivity contribution in [3.8, 4) is 5.75 Å². The molecular formula is C27H33N3O8. The number of carbonyl (C=O) groups excluding carboxylic acids is 3. The topological polar surface area (TPSA) is 178 Å². The number of primary amides is 1. The third-order valence-corrected chi connectivity index (χ3v) is 4.92. The third-order valence-electron chi connectivity index (χ3n) is 4.92. The number of benzene rings is 2. The minimum atomic E-state index is -1.18. The average molecular weight is 528 g/mol. The first kappa shape index (κ1) is 31.4. The van der Waals surface area contributed by atoms with Crippen LogP contribution in [0.25, 0.3) is 10.9 Å². The van der Waals surface area contributed by atoms with Crippen molar-refractivity contribution in [2.24, 2.45) is 5.73 Å². The molecule has 3 rings (SSSR count). The molecule has 0 fully saturated rings. The van der Waals surface area contributed by atoms with Gasteiger partial charge in [-0.15, -0.1) is 0 Å². The summed E-state index contributed by atoms with van der Waals surface area (Å²) in [5.74, 6) is -4.36. The molecule has 0 unspecified atom stereocenters. The molecule has 1 aromatic heterocycles. The lowest BCUT2D eigenvalue weighted by atomic mass is 10.0. The molecule has 0 atom stereocenters. The number of carboxylic acids is 2. The second-order valence-electron chi connectivity index (χ2n) is 7.57. The van der Waals surface area contributed by atoms with Gasteiger partial charge in [0.05, 0.1) is 16.5 Å². The zero-order valence-corrected chi connectivity index (χ0v) is 21.8. The van der Waals surface area contributed by atoms with Crippen molar-refractivity contribution >= 4 is 40.4 Å². The Morgan fingerprint density at radius 2 is 1.58 bits per heavy atom. The van der Waals surface area contributed by atoms with Crippen molar-refractivity contribution in [1.29, 1.82) is 0 Å². The maximum absolute atomic E-state index is 12.8. The zero-order chi connectivity index (χ0) is 28.8. The molecule has 0 aliphatic heterocycles. The van der Waals surface area contributed by atoms with E-state index in [0.29, 0.717) is 29.6 Å². The lowest BCUT2D eigenvalue weighted by Crippen LogP contribution is -2.33. The van der Waals surface area contributed by atoms with Crippen LogP contribution in [0.4, 0.5) is 0 Å². The van der Waals surface area contributed by atoms with E-state index in [1.54, 1.807) is 18.2 Å². The zero-order valence-electron chi connectivity index (χ0n) is 21.8. The van der Waals surface area contributed by atoms with Gasteiger partial charge in [-0.2, -0.15) is 0 Å². The summed E-state index contributed by atoms with van der Waals surface area (Å²) >= 11 is 0. The van der Waals surface area contributed by atoms with Crippen molar-refractivity contribution in [3.63, 3.8) is 0 Å². The highest BCUT2D eigenvalue weighted by molar-refractivity contribution is 6.45. The van der Waals surface area contributed by atoms with E-state index in [1.165, 1.54) is 0 Å². The highest BCUT2D eigenvalue weighted by Gasteiger charge is 2.27. The number of Topliss-reactive ketones (excluding diaryl/α,β-unsaturated/α-hetero) is 1. The molecule has 11 nitrogen and oxygen atoms in total. The number of fused-ring (bicyclic) bond motifs is 1. The average Bonchev–Trinajstić information content (AvgIpc) is 3.20. The van der Waals surface area contributed by atoms with Gasteiger partial charge < -0.3 is 30.6 Å². The highest BCUT2D eigenvalue weighted by atomic mass is 16.5. The highest BCUT2D eigenvalue weighted by Crippen LogP contribution is 2.35. The summed E-state index contributed by atoms with van der Waals surface area (Å²) in [6.07, 6.45) is 0.453. The standard InChI is InChI=1S/C23H23N3O6.C2H4O2.C2H6/c1-2-15-21(22(30)23(24)31)20-16(26(15)12-14-7-4-3-5-8-14)9-6-10-17(20)32-13-18(27)25-11-19(28)29;1-2(3)4;1-2/h3-10H,2,11-13H2,1H3,(H2,24,31)(H,25,27)(H,28,29);1H3,(H,3,4);1-2H3. The number of carbonyl (C=O) groups is 5. The number of nitrogens with zero attached hydrogens (tertiary/aromatic N) is 1. The van der Waals surface area contributed by atoms with Crippen molar-refractivity contribution in [1.82, 2.24) is 9.88 Å². The molecule has 0 radical (unpaired) electrons. The van der Waals surface area contributed by atoms with Gasteiger partial charge >= 0.3 is 5.97 Å². The number of amides is 2. The van der Waals surface area contributed by atoms with Gasteiger partial charge in [-0.05, 0) is 24.1 Å². The molecule has 2 amide bonds. The minimum Gasteiger partial charge on any atom is -0.483 e. The monoisotopic (exact) mass is 527 g/mol. The molecule has 0 aliphatic carbocycles. The molecule has 2 aromatic carbocycles. The smallest absolute Gasteiger partial charge is 0.322 e. The molecule has 1 heterocycles. The van der Waals surface area contributed by atoms with Crippen LogP contribution < -0.4 is 15.8 Å². The number of ketones is 1. The van der Waals surface area contributed by atoms with Crippen LogP contribution >= 0.6 is 0 Å². The number of nitrogens with one attached hydrogen (secondary N) is 1. The molecule has 204 valence electrons. The summed E-state index contributed by atoms with van der Waals surface area (Å²) in [6.45, 7) is 6.41. The van der Waals surface area contributed by atoms with E-state index in [9.17, 15) is 19.2 Å². The Bertz CT molecular complexity index is 1280. The molecule has 0 bridgehead atoms. The molecule has 0 spiro atoms. The molecule has 0 saturated carbocycles. The Balaban J connectivity index is 0.00000110. The number of rotatable bonds is 10. The van der Waals surface area contributed by atoms with Crippen molar-refractivity contribution in [3.05, 3.63) is 65.4 Å². The molecule has 0 aliphatic rings. The van der Waals surface area contributed by atoms with Gasteiger partial charge in [0.15, 0.2) is 6.61 Å². The molecule has 0 saturated heterocycles. The van der Waals surface area contributed by atoms with Gasteiger partial charge in [-0.25, -0.2) is 0 Å². The minimum absolute atomic E-state index is 0.146. The first-order chi connectivity index (χ1) is 18.1. The lowest BCUT2D eigenvalue weighted by molar-refractivity contribution is -0.138. The first-order valence-corrected chi connectivity index (χ1v) is 11.9. The Hall–Kier alpha value is -4.67. The van der Waals surface area contributed by atoms with Gasteiger partial charge in [0, 0.05) is 19.2 Å². The molecule has 3 aromatic rings. The maximum Gasteiger partial charge on any atom is 0.322 e. The summed E-state index contributed by atoms with van der Waals surface area (Å²) in [7, 11) is 0. The summed E-state index contributed by atoms with van der Waals surface area (Å²) in [4.78, 5) is 56.1. The van der Waals surface area contributed by atoms with Crippen molar-refractivity contribution < 1.29 is 38.9 Å². The van der Waals surface area contributed by atoms with E-state index in [4.69, 9.17) is 25.5 Å². The van der Waals surface area contributed by atoms with E-state index in [2.05, 4.69) is 5.32 Å². The fourth-order valence-electron chi connectivity index (χ4n) is 3.59. The Kier molecular flexibility index (Phi) is 12.7. The summed E-state index contributed by atoms with van der Waals surface area (Å²) in [6, 6.07) is 14.7. The van der Waals surface area contributed by atoms with E-state index in [-0.39, 0.29) is 11.3 Å². The third kappa shape index (κ3) is 8.77. The number of ether oxygens (including phenoxy) is 1. The predicted octanol–water partition coefficient (Wildman–Crippen LogP) is 2.62. The van der Waals surface area contributed by atoms with E-state index < -0.39 is 42.7 Å². The van der Waals surface area contributed by atoms with Gasteiger partial charge in [-0.3, -0.25) is 24.0 Å². The number of aromatic nitrogens is 1. The Morgan fingerprint density at radius 1 is 0.974 bits per heavy atom. The number of aliphatic carboxylic acids is 2. The fourth-order valence-corrected chi connectivity index (χ4v) is 3.59. The van der Waals surface area contributed by atoms with Crippen LogP contribution in [-0.2, 0) is 32.1 Å². The van der Waals surface area contributed by atoms with Crippen LogP contribution in [0.2, 0.25) is 0 Å². The first-order valence-electron chi connectivity index (χ1n) is 11.9. The number of hydrogen-bond donors (Lipinski definition) is 4. The summed E-state index contributed by atoms with van der Waals surface area (Å²) < 4.78 is 7.55. The second kappa shape index (κ2) is 15.4. The van der Waals surface area contributed by atoms with Gasteiger partial charge in [0.2, 0.25) is 0 Å². The largest absolute Gasteiger partial charge is 0.483 e. The van der Waals surface area contributed by atoms with Crippen LogP contribution in [0.3, 0.4) is 0 Å². The molecule has 11 heteroatoms. The second-order valence-corrected chi connectivity index (χ2v) is 7.57. The van der Waals surface area contributed by atoms with Crippen LogP contribution in [0.1, 0.15) is 49.3 Å². The predicted molar refractivity (Wildman–Crippen MR) is 141 cm³/mol. The summed E-state index contributed by atoms with van der Waals surface area (Å²) in [5.41, 5.74) is 7.74. The number of carboxylic acid groups (broad SMARTS) is 2. The van der Waals surface area contributed by atoms with Gasteiger partial charge in [0.1, 0.15) is 12.3 Å². The van der Waals surface area contributed by atoms with Crippen LogP contribution in [0.15, 0.2) is 48.5 Å². The number of hydrogen-bond acceptors (Lipinski definition) is 6. The molecule has 38 heavy (non-hydrogen) atoms. The van der Waals surface area contributed by atoms with Crippen molar-refractivity contribution in [2.45, 2.75) is 40.7 Å². The quantitative estimate of drug-likeness (QED) is 0.229. The van der Waals surface area contributed by atoms with E-state index >= 15 is 0 Å². The Labute approximate surface area is 220 Å². The van der Waals surface area contributed by atoms with E-state index in [0.717, 1.165) is 12.5 Å². The fraction of sp³-hybridized carbons (Fsp3) is 0.296. The van der Waals surface area contributed by atoms with Crippen LogP contribution in [0.5, 0.6) is 5.75 Å². The van der Waals surface area contributed by atoms with Crippen LogP contribution in [0, 0.1) is 0 Å².